The van der Waals surface area contributed by atoms with Crippen LogP contribution in [0.25, 0.3) is 0 Å². The summed E-state index contributed by atoms with van der Waals surface area (Å²) in [5.41, 5.74) is 3.08. The van der Waals surface area contributed by atoms with Crippen molar-refractivity contribution in [1.29, 1.82) is 0 Å². The summed E-state index contributed by atoms with van der Waals surface area (Å²) in [6.07, 6.45) is 0.813. The van der Waals surface area contributed by atoms with E-state index in [0.29, 0.717) is 12.5 Å². The molecule has 2 aliphatic rings. The summed E-state index contributed by atoms with van der Waals surface area (Å²) in [5, 5.41) is 24.5. The number of allylic oxidation sites excluding steroid dienone is 1. The third kappa shape index (κ3) is 6.68. The molecule has 4 rings (SSSR count). The average molecular weight is 544 g/mol. The van der Waals surface area contributed by atoms with Gasteiger partial charge in [0, 0.05) is 48.6 Å². The Balaban J connectivity index is 1.31. The number of amides is 2. The standard InChI is InChI=1S/C28H34ClN3O4S/c1-31(2)21-9-5-8-20(15-21)24-11-6-12-32(24)28(36)26(34)25(33)27(35)30-16-22-14-18(17-37-22)13-19-7-3-4-10-23(19)29/h3-5,7-10,14-15,18,24-26,33-34H,6,11-13,16-17H2,1-2H3,(H,30,35)/t18?,24-,25-,26-/m1/s1. The molecule has 0 saturated carbocycles. The van der Waals surface area contributed by atoms with Crippen LogP contribution in [0.4, 0.5) is 5.69 Å². The molecule has 4 atom stereocenters. The normalized spacial score (nSPS) is 20.9. The zero-order valence-electron chi connectivity index (χ0n) is 21.1. The molecule has 2 amide bonds. The Morgan fingerprint density at radius 1 is 1.16 bits per heavy atom. The van der Waals surface area contributed by atoms with Crippen LogP contribution < -0.4 is 10.2 Å². The zero-order valence-corrected chi connectivity index (χ0v) is 22.7. The Morgan fingerprint density at radius 3 is 2.70 bits per heavy atom. The quantitative estimate of drug-likeness (QED) is 0.449. The molecule has 2 aliphatic heterocycles. The number of likely N-dealkylation sites (tertiary alicyclic amines) is 1. The van der Waals surface area contributed by atoms with Gasteiger partial charge >= 0.3 is 0 Å². The molecule has 2 aromatic rings. The van der Waals surface area contributed by atoms with Gasteiger partial charge in [0.15, 0.2) is 12.2 Å². The fourth-order valence-corrected chi connectivity index (χ4v) is 6.18. The van der Waals surface area contributed by atoms with Crippen molar-refractivity contribution in [1.82, 2.24) is 10.2 Å². The van der Waals surface area contributed by atoms with Gasteiger partial charge in [-0.05, 0) is 54.5 Å². The largest absolute Gasteiger partial charge is 0.380 e. The molecule has 3 N–H and O–H groups in total. The number of rotatable bonds is 9. The fraction of sp³-hybridized carbons (Fsp3) is 0.429. The minimum Gasteiger partial charge on any atom is -0.380 e. The van der Waals surface area contributed by atoms with Crippen molar-refractivity contribution in [3.8, 4) is 0 Å². The molecule has 1 fully saturated rings. The van der Waals surface area contributed by atoms with Gasteiger partial charge in [0.05, 0.1) is 6.04 Å². The summed E-state index contributed by atoms with van der Waals surface area (Å²) in [7, 11) is 3.91. The summed E-state index contributed by atoms with van der Waals surface area (Å²) in [6, 6.07) is 15.5. The van der Waals surface area contributed by atoms with Gasteiger partial charge in [-0.25, -0.2) is 0 Å². The van der Waals surface area contributed by atoms with Crippen LogP contribution >= 0.6 is 23.4 Å². The van der Waals surface area contributed by atoms with Crippen LogP contribution in [-0.4, -0.2) is 72.1 Å². The molecule has 1 unspecified atom stereocenters. The van der Waals surface area contributed by atoms with Gasteiger partial charge in [-0.15, -0.1) is 11.8 Å². The molecular formula is C28H34ClN3O4S. The highest BCUT2D eigenvalue weighted by atomic mass is 35.5. The van der Waals surface area contributed by atoms with Crippen molar-refractivity contribution >= 4 is 40.9 Å². The first-order chi connectivity index (χ1) is 17.7. The number of aliphatic hydroxyl groups is 2. The molecule has 0 aliphatic carbocycles. The van der Waals surface area contributed by atoms with Crippen molar-refractivity contribution in [3.05, 3.63) is 75.7 Å². The van der Waals surface area contributed by atoms with E-state index in [1.165, 1.54) is 0 Å². The van der Waals surface area contributed by atoms with Crippen molar-refractivity contribution in [3.63, 3.8) is 0 Å². The summed E-state index contributed by atoms with van der Waals surface area (Å²) in [4.78, 5) is 30.2. The maximum absolute atomic E-state index is 13.1. The molecule has 2 aromatic carbocycles. The molecule has 37 heavy (non-hydrogen) atoms. The lowest BCUT2D eigenvalue weighted by molar-refractivity contribution is -0.153. The second kappa shape index (κ2) is 12.3. The van der Waals surface area contributed by atoms with Gasteiger partial charge in [0.1, 0.15) is 0 Å². The Bertz CT molecular complexity index is 1160. The Labute approximate surface area is 227 Å². The van der Waals surface area contributed by atoms with Crippen LogP contribution in [0.3, 0.4) is 0 Å². The van der Waals surface area contributed by atoms with Gasteiger partial charge in [0.2, 0.25) is 0 Å². The molecule has 7 nitrogen and oxygen atoms in total. The van der Waals surface area contributed by atoms with E-state index in [1.807, 2.05) is 67.5 Å². The number of nitrogens with zero attached hydrogens (tertiary/aromatic N) is 2. The third-order valence-corrected chi connectivity index (χ3v) is 8.52. The lowest BCUT2D eigenvalue weighted by Crippen LogP contribution is -2.50. The van der Waals surface area contributed by atoms with Crippen molar-refractivity contribution in [2.75, 3.05) is 37.8 Å². The molecule has 0 bridgehead atoms. The first kappa shape index (κ1) is 27.5. The highest BCUT2D eigenvalue weighted by molar-refractivity contribution is 8.03. The first-order valence-corrected chi connectivity index (χ1v) is 13.9. The Hall–Kier alpha value is -2.52. The molecule has 0 spiro atoms. The lowest BCUT2D eigenvalue weighted by Gasteiger charge is -2.29. The maximum Gasteiger partial charge on any atom is 0.255 e. The van der Waals surface area contributed by atoms with Crippen molar-refractivity contribution in [2.45, 2.75) is 37.5 Å². The van der Waals surface area contributed by atoms with E-state index < -0.39 is 24.0 Å². The molecular weight excluding hydrogens is 510 g/mol. The number of hydrogen-bond acceptors (Lipinski definition) is 6. The number of nitrogens with one attached hydrogen (secondary N) is 1. The van der Waals surface area contributed by atoms with E-state index in [-0.39, 0.29) is 12.6 Å². The fourth-order valence-electron chi connectivity index (χ4n) is 4.86. The first-order valence-electron chi connectivity index (χ1n) is 12.5. The predicted octanol–water partition coefficient (Wildman–Crippen LogP) is 3.40. The average Bonchev–Trinajstić information content (AvgIpc) is 3.57. The summed E-state index contributed by atoms with van der Waals surface area (Å²) in [5.74, 6) is -0.213. The minimum absolute atomic E-state index is 0.201. The number of anilines is 1. The molecule has 0 radical (unpaired) electrons. The Morgan fingerprint density at radius 2 is 1.95 bits per heavy atom. The van der Waals surface area contributed by atoms with Crippen LogP contribution in [-0.2, 0) is 16.0 Å². The van der Waals surface area contributed by atoms with E-state index in [4.69, 9.17) is 11.6 Å². The molecule has 2 heterocycles. The van der Waals surface area contributed by atoms with E-state index in [1.54, 1.807) is 16.7 Å². The summed E-state index contributed by atoms with van der Waals surface area (Å²) >= 11 is 7.92. The number of aliphatic hydroxyl groups excluding tert-OH is 2. The summed E-state index contributed by atoms with van der Waals surface area (Å²) < 4.78 is 0. The Kier molecular flexibility index (Phi) is 9.18. The molecule has 198 valence electrons. The maximum atomic E-state index is 13.1. The topological polar surface area (TPSA) is 93.1 Å². The van der Waals surface area contributed by atoms with Gasteiger partial charge in [-0.2, -0.15) is 0 Å². The third-order valence-electron chi connectivity index (χ3n) is 6.91. The van der Waals surface area contributed by atoms with Gasteiger partial charge in [-0.1, -0.05) is 48.0 Å². The summed E-state index contributed by atoms with van der Waals surface area (Å²) in [6.45, 7) is 0.710. The second-order valence-electron chi connectivity index (χ2n) is 9.79. The van der Waals surface area contributed by atoms with Crippen LogP contribution in [0.5, 0.6) is 0 Å². The van der Waals surface area contributed by atoms with Gasteiger partial charge in [-0.3, -0.25) is 9.59 Å². The zero-order chi connectivity index (χ0) is 26.5. The predicted molar refractivity (Wildman–Crippen MR) is 149 cm³/mol. The molecule has 0 aromatic heterocycles. The SMILES string of the molecule is CN(C)c1cccc([C@H]2CCCN2C(=O)[C@H](O)[C@@H](O)C(=O)NCC2=CC(Cc3ccccc3Cl)CS2)c1. The van der Waals surface area contributed by atoms with Crippen LogP contribution in [0.1, 0.15) is 30.0 Å². The number of halogens is 1. The highest BCUT2D eigenvalue weighted by Crippen LogP contribution is 2.34. The monoisotopic (exact) mass is 543 g/mol. The number of carbonyl (C=O) groups is 2. The number of hydrogen-bond donors (Lipinski definition) is 3. The number of carbonyl (C=O) groups excluding carboxylic acids is 2. The van der Waals surface area contributed by atoms with Gasteiger partial charge in [0.25, 0.3) is 11.8 Å². The van der Waals surface area contributed by atoms with Crippen LogP contribution in [0.2, 0.25) is 5.02 Å². The van der Waals surface area contributed by atoms with Gasteiger partial charge < -0.3 is 25.3 Å². The van der Waals surface area contributed by atoms with E-state index in [9.17, 15) is 19.8 Å². The lowest BCUT2D eigenvalue weighted by atomic mass is 10.0. The molecule has 9 heteroatoms. The van der Waals surface area contributed by atoms with Crippen LogP contribution in [0, 0.1) is 5.92 Å². The number of thioether (sulfide) groups is 1. The smallest absolute Gasteiger partial charge is 0.255 e. The van der Waals surface area contributed by atoms with E-state index >= 15 is 0 Å². The van der Waals surface area contributed by atoms with E-state index in [0.717, 1.165) is 51.8 Å². The van der Waals surface area contributed by atoms with Crippen LogP contribution in [0.15, 0.2) is 59.5 Å². The second-order valence-corrected chi connectivity index (χ2v) is 11.3. The highest BCUT2D eigenvalue weighted by Gasteiger charge is 2.38. The number of benzene rings is 2. The minimum atomic E-state index is -1.84. The molecule has 1 saturated heterocycles. The van der Waals surface area contributed by atoms with E-state index in [2.05, 4.69) is 11.4 Å². The van der Waals surface area contributed by atoms with Crippen molar-refractivity contribution in [2.24, 2.45) is 5.92 Å². The van der Waals surface area contributed by atoms with Crippen molar-refractivity contribution < 1.29 is 19.8 Å².